The molecule has 1 rings (SSSR count). The quantitative estimate of drug-likeness (QED) is 0.411. The average molecular weight is 323 g/mol. The van der Waals surface area contributed by atoms with Crippen molar-refractivity contribution < 1.29 is 0 Å². The average Bonchev–Trinajstić information content (AvgIpc) is 2.57. The van der Waals surface area contributed by atoms with Crippen LogP contribution in [0.5, 0.6) is 0 Å². The van der Waals surface area contributed by atoms with Crippen LogP contribution in [-0.4, -0.2) is 0 Å². The minimum Gasteiger partial charge on any atom is -0.0654 e. The van der Waals surface area contributed by atoms with Gasteiger partial charge < -0.3 is 0 Å². The topological polar surface area (TPSA) is 0 Å². The van der Waals surface area contributed by atoms with Gasteiger partial charge in [0.15, 0.2) is 0 Å². The molecule has 1 unspecified atom stereocenters. The van der Waals surface area contributed by atoms with Crippen molar-refractivity contribution in [2.45, 2.75) is 136 Å². The molecule has 1 fully saturated rings. The minimum absolute atomic E-state index is 1.03. The number of hydrogen-bond acceptors (Lipinski definition) is 0. The molecule has 0 aromatic rings. The molecule has 0 radical (unpaired) electrons. The second-order valence-electron chi connectivity index (χ2n) is 8.24. The van der Waals surface area contributed by atoms with Crippen LogP contribution in [0.25, 0.3) is 0 Å². The molecular weight excluding hydrogens is 276 g/mol. The summed E-state index contributed by atoms with van der Waals surface area (Å²) in [6.07, 6.45) is 28.3. The van der Waals surface area contributed by atoms with E-state index < -0.39 is 0 Å². The molecule has 0 spiro atoms. The molecule has 23 heavy (non-hydrogen) atoms. The Morgan fingerprint density at radius 1 is 0.609 bits per heavy atom. The highest BCUT2D eigenvalue weighted by molar-refractivity contribution is 4.71. The van der Waals surface area contributed by atoms with E-state index in [0.717, 1.165) is 11.8 Å². The van der Waals surface area contributed by atoms with Gasteiger partial charge in [-0.15, -0.1) is 0 Å². The molecule has 0 heteroatoms. The van der Waals surface area contributed by atoms with Gasteiger partial charge in [0.2, 0.25) is 0 Å². The lowest BCUT2D eigenvalue weighted by molar-refractivity contribution is 0.248. The minimum atomic E-state index is 1.03. The summed E-state index contributed by atoms with van der Waals surface area (Å²) in [5.41, 5.74) is 0. The Kier molecular flexibility index (Phi) is 14.2. The van der Waals surface area contributed by atoms with Crippen LogP contribution in [0.1, 0.15) is 136 Å². The van der Waals surface area contributed by atoms with E-state index in [9.17, 15) is 0 Å². The van der Waals surface area contributed by atoms with Crippen molar-refractivity contribution in [3.05, 3.63) is 0 Å². The Morgan fingerprint density at radius 2 is 1.09 bits per heavy atom. The van der Waals surface area contributed by atoms with Crippen LogP contribution in [0.3, 0.4) is 0 Å². The smallest absolute Gasteiger partial charge is 0.0386 e. The maximum atomic E-state index is 2.45. The summed E-state index contributed by atoms with van der Waals surface area (Å²) in [6.45, 7) is 4.78. The first-order valence-corrected chi connectivity index (χ1v) is 11.4. The maximum Gasteiger partial charge on any atom is -0.0386 e. The van der Waals surface area contributed by atoms with Crippen molar-refractivity contribution in [1.82, 2.24) is 0 Å². The van der Waals surface area contributed by atoms with E-state index >= 15 is 0 Å². The molecule has 1 saturated carbocycles. The molecule has 0 N–H and O–H groups in total. The first-order chi connectivity index (χ1) is 11.4. The molecule has 0 aromatic heterocycles. The van der Waals surface area contributed by atoms with Gasteiger partial charge in [-0.2, -0.15) is 0 Å². The zero-order valence-electron chi connectivity index (χ0n) is 16.6. The summed E-state index contributed by atoms with van der Waals surface area (Å²) in [5.74, 6) is 2.07. The van der Waals surface area contributed by atoms with Gasteiger partial charge in [0, 0.05) is 0 Å². The van der Waals surface area contributed by atoms with Gasteiger partial charge in [-0.05, 0) is 11.8 Å². The van der Waals surface area contributed by atoms with Crippen molar-refractivity contribution in [1.29, 1.82) is 0 Å². The van der Waals surface area contributed by atoms with E-state index in [0.29, 0.717) is 0 Å². The van der Waals surface area contributed by atoms with Crippen LogP contribution in [0.15, 0.2) is 0 Å². The van der Waals surface area contributed by atoms with Crippen molar-refractivity contribution in [3.63, 3.8) is 0 Å². The zero-order chi connectivity index (χ0) is 16.6. The fourth-order valence-corrected chi connectivity index (χ4v) is 4.63. The second kappa shape index (κ2) is 15.5. The summed E-state index contributed by atoms with van der Waals surface area (Å²) in [7, 11) is 0. The lowest BCUT2D eigenvalue weighted by Crippen LogP contribution is -2.15. The molecule has 0 bridgehead atoms. The van der Waals surface area contributed by atoms with Crippen molar-refractivity contribution in [2.75, 3.05) is 0 Å². The summed E-state index contributed by atoms with van der Waals surface area (Å²) in [5, 5.41) is 0. The molecule has 0 aromatic carbocycles. The Balaban J connectivity index is 2.37. The number of unbranched alkanes of at least 4 members (excludes halogenated alkanes) is 3. The first kappa shape index (κ1) is 21.0. The fraction of sp³-hybridized carbons (Fsp3) is 1.00. The van der Waals surface area contributed by atoms with Gasteiger partial charge in [-0.3, -0.25) is 0 Å². The van der Waals surface area contributed by atoms with E-state index in [-0.39, 0.29) is 0 Å². The monoisotopic (exact) mass is 322 g/mol. The largest absolute Gasteiger partial charge is 0.0654 e. The van der Waals surface area contributed by atoms with E-state index in [4.69, 9.17) is 0 Å². The molecule has 0 amide bonds. The molecule has 0 aliphatic heterocycles. The second-order valence-corrected chi connectivity index (χ2v) is 8.24. The highest BCUT2D eigenvalue weighted by atomic mass is 14.2. The third kappa shape index (κ3) is 11.2. The normalized spacial score (nSPS) is 21.7. The van der Waals surface area contributed by atoms with Gasteiger partial charge in [0.25, 0.3) is 0 Å². The van der Waals surface area contributed by atoms with Crippen LogP contribution >= 0.6 is 0 Å². The van der Waals surface area contributed by atoms with E-state index in [2.05, 4.69) is 13.8 Å². The van der Waals surface area contributed by atoms with E-state index in [1.165, 1.54) is 122 Å². The third-order valence-corrected chi connectivity index (χ3v) is 6.27. The molecule has 1 atom stereocenters. The van der Waals surface area contributed by atoms with Gasteiger partial charge in [-0.25, -0.2) is 0 Å². The predicted octanol–water partition coefficient (Wildman–Crippen LogP) is 8.68. The Bertz CT molecular complexity index is 218. The molecule has 138 valence electrons. The molecule has 0 heterocycles. The molecular formula is C23H46. The highest BCUT2D eigenvalue weighted by Crippen LogP contribution is 2.32. The highest BCUT2D eigenvalue weighted by Gasteiger charge is 2.19. The first-order valence-electron chi connectivity index (χ1n) is 11.4. The van der Waals surface area contributed by atoms with Crippen LogP contribution in [0.4, 0.5) is 0 Å². The summed E-state index contributed by atoms with van der Waals surface area (Å²) >= 11 is 0. The van der Waals surface area contributed by atoms with Crippen LogP contribution in [-0.2, 0) is 0 Å². The van der Waals surface area contributed by atoms with Crippen molar-refractivity contribution in [3.8, 4) is 0 Å². The SMILES string of the molecule is CCCCCCC(CC)C1CCCCCCCCCCCCC1. The van der Waals surface area contributed by atoms with Crippen molar-refractivity contribution in [2.24, 2.45) is 11.8 Å². The van der Waals surface area contributed by atoms with Gasteiger partial charge in [0.1, 0.15) is 0 Å². The van der Waals surface area contributed by atoms with Crippen LogP contribution in [0, 0.1) is 11.8 Å². The Morgan fingerprint density at radius 3 is 1.52 bits per heavy atom. The lowest BCUT2D eigenvalue weighted by atomic mass is 9.79. The predicted molar refractivity (Wildman–Crippen MR) is 106 cm³/mol. The van der Waals surface area contributed by atoms with Gasteiger partial charge in [-0.1, -0.05) is 136 Å². The number of rotatable bonds is 7. The molecule has 1 aliphatic rings. The summed E-state index contributed by atoms with van der Waals surface area (Å²) in [6, 6.07) is 0. The fourth-order valence-electron chi connectivity index (χ4n) is 4.63. The Labute approximate surface area is 148 Å². The summed E-state index contributed by atoms with van der Waals surface area (Å²) < 4.78 is 0. The van der Waals surface area contributed by atoms with Gasteiger partial charge >= 0.3 is 0 Å². The van der Waals surface area contributed by atoms with Crippen LogP contribution in [0.2, 0.25) is 0 Å². The standard InChI is InChI=1S/C23H46/c1-3-5-6-16-19-22(4-2)23-20-17-14-12-10-8-7-9-11-13-15-18-21-23/h22-23H,3-21H2,1-2H3. The molecule has 0 nitrogen and oxygen atoms in total. The Hall–Kier alpha value is 0. The van der Waals surface area contributed by atoms with Crippen molar-refractivity contribution >= 4 is 0 Å². The maximum absolute atomic E-state index is 2.45. The third-order valence-electron chi connectivity index (χ3n) is 6.27. The van der Waals surface area contributed by atoms with Gasteiger partial charge in [0.05, 0.1) is 0 Å². The van der Waals surface area contributed by atoms with Crippen LogP contribution < -0.4 is 0 Å². The van der Waals surface area contributed by atoms with E-state index in [1.807, 2.05) is 0 Å². The van der Waals surface area contributed by atoms with E-state index in [1.54, 1.807) is 0 Å². The molecule has 0 saturated heterocycles. The number of hydrogen-bond donors (Lipinski definition) is 0. The zero-order valence-corrected chi connectivity index (χ0v) is 16.6. The molecule has 1 aliphatic carbocycles. The summed E-state index contributed by atoms with van der Waals surface area (Å²) in [4.78, 5) is 0. The lowest BCUT2D eigenvalue weighted by Gasteiger charge is -2.27.